The Morgan fingerprint density at radius 2 is 2.08 bits per heavy atom. The number of carboxylic acid groups (broad SMARTS) is 1. The molecule has 12 heavy (non-hydrogen) atoms. The zero-order valence-electron chi connectivity index (χ0n) is 7.47. The molecular weight excluding hydrogens is 220 g/mol. The van der Waals surface area contributed by atoms with Crippen LogP contribution >= 0.6 is 15.9 Å². The average Bonchev–Trinajstić information content (AvgIpc) is 2.32. The third-order valence-electron chi connectivity index (χ3n) is 2.59. The predicted octanol–water partition coefficient (Wildman–Crippen LogP) is 2.64. The summed E-state index contributed by atoms with van der Waals surface area (Å²) in [4.78, 5) is 10.7. The minimum Gasteiger partial charge on any atom is -0.481 e. The summed E-state index contributed by atoms with van der Waals surface area (Å²) < 4.78 is 1.02. The Balaban J connectivity index is 2.73. The first-order chi connectivity index (χ1) is 5.37. The van der Waals surface area contributed by atoms with Crippen LogP contribution in [0.4, 0.5) is 0 Å². The Kier molecular flexibility index (Phi) is 2.34. The number of rotatable bonds is 2. The molecule has 2 unspecified atom stereocenters. The van der Waals surface area contributed by atoms with Gasteiger partial charge >= 0.3 is 5.97 Å². The summed E-state index contributed by atoms with van der Waals surface area (Å²) in [5.41, 5.74) is -0.0686. The van der Waals surface area contributed by atoms with Crippen LogP contribution in [0.5, 0.6) is 0 Å². The second-order valence-electron chi connectivity index (χ2n) is 3.92. The fourth-order valence-corrected chi connectivity index (χ4v) is 1.99. The van der Waals surface area contributed by atoms with Crippen molar-refractivity contribution in [3.8, 4) is 0 Å². The molecule has 0 aliphatic heterocycles. The van der Waals surface area contributed by atoms with Crippen LogP contribution < -0.4 is 0 Å². The third-order valence-corrected chi connectivity index (χ3v) is 2.85. The SMILES string of the molecule is CC(Br)=CC1C(C(=O)O)C1(C)C. The molecule has 0 aromatic heterocycles. The van der Waals surface area contributed by atoms with E-state index in [1.54, 1.807) is 0 Å². The van der Waals surface area contributed by atoms with E-state index < -0.39 is 5.97 Å². The topological polar surface area (TPSA) is 37.3 Å². The first-order valence-corrected chi connectivity index (χ1v) is 4.73. The molecule has 1 aliphatic rings. The molecule has 1 saturated carbocycles. The average molecular weight is 233 g/mol. The molecule has 2 atom stereocenters. The fraction of sp³-hybridized carbons (Fsp3) is 0.667. The maximum absolute atomic E-state index is 10.7. The molecule has 3 heteroatoms. The first kappa shape index (κ1) is 9.78. The second-order valence-corrected chi connectivity index (χ2v) is 5.17. The van der Waals surface area contributed by atoms with E-state index in [2.05, 4.69) is 15.9 Å². The van der Waals surface area contributed by atoms with E-state index >= 15 is 0 Å². The smallest absolute Gasteiger partial charge is 0.307 e. The molecule has 1 rings (SSSR count). The van der Waals surface area contributed by atoms with Crippen molar-refractivity contribution >= 4 is 21.9 Å². The van der Waals surface area contributed by atoms with Crippen LogP contribution in [0.25, 0.3) is 0 Å². The molecule has 0 spiro atoms. The lowest BCUT2D eigenvalue weighted by Crippen LogP contribution is -2.02. The van der Waals surface area contributed by atoms with Gasteiger partial charge in [-0.15, -0.1) is 0 Å². The van der Waals surface area contributed by atoms with Gasteiger partial charge in [-0.1, -0.05) is 35.9 Å². The lowest BCUT2D eigenvalue weighted by Gasteiger charge is -1.96. The quantitative estimate of drug-likeness (QED) is 0.795. The number of hydrogen-bond acceptors (Lipinski definition) is 1. The molecule has 0 saturated heterocycles. The van der Waals surface area contributed by atoms with Crippen LogP contribution in [0.2, 0.25) is 0 Å². The van der Waals surface area contributed by atoms with Crippen LogP contribution in [-0.2, 0) is 4.79 Å². The lowest BCUT2D eigenvalue weighted by atomic mass is 10.1. The van der Waals surface area contributed by atoms with E-state index in [9.17, 15) is 4.79 Å². The summed E-state index contributed by atoms with van der Waals surface area (Å²) in [6.45, 7) is 5.90. The van der Waals surface area contributed by atoms with Crippen LogP contribution in [0.1, 0.15) is 20.8 Å². The lowest BCUT2D eigenvalue weighted by molar-refractivity contribution is -0.139. The molecule has 1 aliphatic carbocycles. The van der Waals surface area contributed by atoms with Crippen molar-refractivity contribution in [3.05, 3.63) is 10.6 Å². The molecule has 0 bridgehead atoms. The zero-order chi connectivity index (χ0) is 9.52. The van der Waals surface area contributed by atoms with E-state index in [0.717, 1.165) is 4.48 Å². The Morgan fingerprint density at radius 1 is 1.58 bits per heavy atom. The molecule has 0 aromatic carbocycles. The fourth-order valence-electron chi connectivity index (χ4n) is 1.71. The van der Waals surface area contributed by atoms with Gasteiger partial charge in [-0.05, 0) is 22.7 Å². The van der Waals surface area contributed by atoms with Crippen LogP contribution in [-0.4, -0.2) is 11.1 Å². The normalized spacial score (nSPS) is 33.2. The molecule has 0 amide bonds. The second kappa shape index (κ2) is 2.87. The summed E-state index contributed by atoms with van der Waals surface area (Å²) in [5.74, 6) is -0.700. The third kappa shape index (κ3) is 1.56. The molecule has 0 aromatic rings. The van der Waals surface area contributed by atoms with Gasteiger partial charge in [0.15, 0.2) is 0 Å². The predicted molar refractivity (Wildman–Crippen MR) is 51.1 cm³/mol. The molecule has 1 fully saturated rings. The van der Waals surface area contributed by atoms with Crippen LogP contribution in [0, 0.1) is 17.3 Å². The van der Waals surface area contributed by atoms with E-state index in [1.807, 2.05) is 26.8 Å². The number of carbonyl (C=O) groups is 1. The van der Waals surface area contributed by atoms with Gasteiger partial charge in [0.1, 0.15) is 0 Å². The summed E-state index contributed by atoms with van der Waals surface area (Å²) in [5, 5.41) is 8.83. The Hall–Kier alpha value is -0.310. The number of carboxylic acids is 1. The number of hydrogen-bond donors (Lipinski definition) is 1. The minimum atomic E-state index is -0.685. The van der Waals surface area contributed by atoms with Gasteiger partial charge in [-0.2, -0.15) is 0 Å². The molecule has 2 nitrogen and oxygen atoms in total. The van der Waals surface area contributed by atoms with Gasteiger partial charge in [0.05, 0.1) is 5.92 Å². The Labute approximate surface area is 80.8 Å². The van der Waals surface area contributed by atoms with Gasteiger partial charge in [0.25, 0.3) is 0 Å². The van der Waals surface area contributed by atoms with Gasteiger partial charge in [0.2, 0.25) is 0 Å². The number of allylic oxidation sites excluding steroid dienone is 2. The van der Waals surface area contributed by atoms with Crippen molar-refractivity contribution in [1.29, 1.82) is 0 Å². The summed E-state index contributed by atoms with van der Waals surface area (Å²) in [6, 6.07) is 0. The van der Waals surface area contributed by atoms with Crippen molar-refractivity contribution in [2.24, 2.45) is 17.3 Å². The Morgan fingerprint density at radius 3 is 2.33 bits per heavy atom. The molecule has 0 heterocycles. The highest BCUT2D eigenvalue weighted by Crippen LogP contribution is 2.59. The van der Waals surface area contributed by atoms with Crippen molar-refractivity contribution in [1.82, 2.24) is 0 Å². The van der Waals surface area contributed by atoms with Crippen LogP contribution in [0.15, 0.2) is 10.6 Å². The van der Waals surface area contributed by atoms with Crippen molar-refractivity contribution < 1.29 is 9.90 Å². The van der Waals surface area contributed by atoms with Crippen molar-refractivity contribution in [2.45, 2.75) is 20.8 Å². The van der Waals surface area contributed by atoms with E-state index in [0.29, 0.717) is 0 Å². The van der Waals surface area contributed by atoms with Gasteiger partial charge < -0.3 is 5.11 Å². The van der Waals surface area contributed by atoms with Gasteiger partial charge in [0, 0.05) is 0 Å². The monoisotopic (exact) mass is 232 g/mol. The highest BCUT2D eigenvalue weighted by Gasteiger charge is 2.60. The Bertz CT molecular complexity index is 239. The maximum Gasteiger partial charge on any atom is 0.307 e. The van der Waals surface area contributed by atoms with Crippen molar-refractivity contribution in [2.75, 3.05) is 0 Å². The maximum atomic E-state index is 10.7. The number of aliphatic carboxylic acids is 1. The van der Waals surface area contributed by atoms with Crippen LogP contribution in [0.3, 0.4) is 0 Å². The zero-order valence-corrected chi connectivity index (χ0v) is 9.05. The molecular formula is C9H13BrO2. The summed E-state index contributed by atoms with van der Waals surface area (Å²) in [7, 11) is 0. The number of halogens is 1. The highest BCUT2D eigenvalue weighted by atomic mass is 79.9. The summed E-state index contributed by atoms with van der Waals surface area (Å²) >= 11 is 3.31. The van der Waals surface area contributed by atoms with Crippen molar-refractivity contribution in [3.63, 3.8) is 0 Å². The van der Waals surface area contributed by atoms with Gasteiger partial charge in [-0.25, -0.2) is 0 Å². The first-order valence-electron chi connectivity index (χ1n) is 3.94. The van der Waals surface area contributed by atoms with Gasteiger partial charge in [-0.3, -0.25) is 4.79 Å². The van der Waals surface area contributed by atoms with E-state index in [-0.39, 0.29) is 17.3 Å². The highest BCUT2D eigenvalue weighted by molar-refractivity contribution is 9.11. The minimum absolute atomic E-state index is 0.0686. The standard InChI is InChI=1S/C9H13BrO2/c1-5(10)4-6-7(8(11)12)9(6,2)3/h4,6-7H,1-3H3,(H,11,12). The molecule has 1 N–H and O–H groups in total. The van der Waals surface area contributed by atoms with E-state index in [4.69, 9.17) is 5.11 Å². The van der Waals surface area contributed by atoms with E-state index in [1.165, 1.54) is 0 Å². The molecule has 68 valence electrons. The summed E-state index contributed by atoms with van der Waals surface area (Å²) in [6.07, 6.45) is 1.98. The largest absolute Gasteiger partial charge is 0.481 e. The molecule has 0 radical (unpaired) electrons.